The minimum Gasteiger partial charge on any atom is -0.377 e. The Morgan fingerprint density at radius 1 is 1.43 bits per heavy atom. The van der Waals surface area contributed by atoms with E-state index in [1.165, 1.54) is 11.3 Å². The first kappa shape index (κ1) is 13.7. The molecule has 3 aromatic heterocycles. The quantitative estimate of drug-likeness (QED) is 0.772. The normalized spacial score (nSPS) is 10.9. The van der Waals surface area contributed by atoms with Gasteiger partial charge < -0.3 is 14.5 Å². The van der Waals surface area contributed by atoms with Crippen molar-refractivity contribution in [2.75, 3.05) is 12.4 Å². The number of anilines is 1. The first-order valence-corrected chi connectivity index (χ1v) is 7.10. The van der Waals surface area contributed by atoms with Crippen LogP contribution < -0.4 is 5.32 Å². The van der Waals surface area contributed by atoms with Crippen molar-refractivity contribution >= 4 is 28.0 Å². The summed E-state index contributed by atoms with van der Waals surface area (Å²) in [7, 11) is 1.59. The number of aromatic nitrogens is 4. The number of nitrogens with zero attached hydrogens (tertiary/aromatic N) is 4. The highest BCUT2D eigenvalue weighted by Gasteiger charge is 2.11. The van der Waals surface area contributed by atoms with E-state index in [1.807, 2.05) is 35.0 Å². The molecule has 8 heteroatoms. The van der Waals surface area contributed by atoms with Crippen molar-refractivity contribution in [3.63, 3.8) is 0 Å². The number of imidazole rings is 1. The first-order chi connectivity index (χ1) is 10.2. The summed E-state index contributed by atoms with van der Waals surface area (Å²) in [6, 6.07) is 5.71. The Hall–Kier alpha value is -2.32. The van der Waals surface area contributed by atoms with Crippen molar-refractivity contribution in [3.05, 3.63) is 41.3 Å². The number of pyridine rings is 1. The Balaban J connectivity index is 1.65. The molecule has 3 rings (SSSR count). The topological polar surface area (TPSA) is 81.4 Å². The Morgan fingerprint density at radius 3 is 3.14 bits per heavy atom. The summed E-state index contributed by atoms with van der Waals surface area (Å²) in [6.07, 6.45) is 3.93. The standard InChI is InChI=1S/C13H13N5O2S/c1-20-8-12-16-17-13(21-12)15-11(19)6-9-7-18-5-3-2-4-10(18)14-9/h2-5,7H,6,8H2,1H3,(H,15,17,19). The summed E-state index contributed by atoms with van der Waals surface area (Å²) < 4.78 is 6.84. The number of nitrogens with one attached hydrogen (secondary N) is 1. The number of methoxy groups -OCH3 is 1. The molecule has 0 saturated carbocycles. The van der Waals surface area contributed by atoms with E-state index < -0.39 is 0 Å². The average molecular weight is 303 g/mol. The number of carbonyl (C=O) groups is 1. The van der Waals surface area contributed by atoms with Crippen molar-refractivity contribution in [2.45, 2.75) is 13.0 Å². The molecule has 0 unspecified atom stereocenters. The third-order valence-corrected chi connectivity index (χ3v) is 3.55. The molecule has 1 N–H and O–H groups in total. The molecule has 3 heterocycles. The highest BCUT2D eigenvalue weighted by atomic mass is 32.1. The van der Waals surface area contributed by atoms with Crippen LogP contribution in [0.4, 0.5) is 5.13 Å². The molecule has 0 saturated heterocycles. The van der Waals surface area contributed by atoms with Crippen LogP contribution in [-0.2, 0) is 22.6 Å². The number of carbonyl (C=O) groups excluding carboxylic acids is 1. The van der Waals surface area contributed by atoms with E-state index in [-0.39, 0.29) is 12.3 Å². The van der Waals surface area contributed by atoms with E-state index in [2.05, 4.69) is 20.5 Å². The number of fused-ring (bicyclic) bond motifs is 1. The minimum atomic E-state index is -0.168. The highest BCUT2D eigenvalue weighted by molar-refractivity contribution is 7.15. The van der Waals surface area contributed by atoms with Gasteiger partial charge in [0.15, 0.2) is 0 Å². The fourth-order valence-corrected chi connectivity index (χ4v) is 2.61. The van der Waals surface area contributed by atoms with Crippen LogP contribution in [0.5, 0.6) is 0 Å². The molecule has 7 nitrogen and oxygen atoms in total. The number of rotatable bonds is 5. The summed E-state index contributed by atoms with van der Waals surface area (Å²) in [5.74, 6) is -0.168. The maximum absolute atomic E-state index is 12.0. The fourth-order valence-electron chi connectivity index (χ4n) is 1.89. The van der Waals surface area contributed by atoms with E-state index in [0.29, 0.717) is 17.4 Å². The molecule has 1 amide bonds. The van der Waals surface area contributed by atoms with E-state index in [4.69, 9.17) is 4.74 Å². The Kier molecular flexibility index (Phi) is 3.89. The fraction of sp³-hybridized carbons (Fsp3) is 0.231. The van der Waals surface area contributed by atoms with Gasteiger partial charge in [-0.1, -0.05) is 17.4 Å². The Labute approximate surface area is 124 Å². The molecule has 0 aromatic carbocycles. The lowest BCUT2D eigenvalue weighted by Crippen LogP contribution is -2.14. The summed E-state index contributed by atoms with van der Waals surface area (Å²) >= 11 is 1.30. The zero-order valence-corrected chi connectivity index (χ0v) is 12.1. The highest BCUT2D eigenvalue weighted by Crippen LogP contribution is 2.16. The maximum atomic E-state index is 12.0. The molecule has 0 spiro atoms. The van der Waals surface area contributed by atoms with Gasteiger partial charge in [0.05, 0.1) is 12.1 Å². The largest absolute Gasteiger partial charge is 0.377 e. The van der Waals surface area contributed by atoms with Crippen LogP contribution >= 0.6 is 11.3 Å². The average Bonchev–Trinajstić information content (AvgIpc) is 3.05. The number of hydrogen-bond donors (Lipinski definition) is 1. The van der Waals surface area contributed by atoms with Crippen molar-refractivity contribution in [1.82, 2.24) is 19.6 Å². The lowest BCUT2D eigenvalue weighted by atomic mass is 10.3. The third-order valence-electron chi connectivity index (χ3n) is 2.74. The number of ether oxygens (including phenoxy) is 1. The first-order valence-electron chi connectivity index (χ1n) is 6.28. The molecule has 0 aliphatic rings. The van der Waals surface area contributed by atoms with Gasteiger partial charge >= 0.3 is 0 Å². The molecule has 3 aromatic rings. The molecule has 0 bridgehead atoms. The molecular weight excluding hydrogens is 290 g/mol. The molecule has 0 fully saturated rings. The van der Waals surface area contributed by atoms with E-state index in [0.717, 1.165) is 10.7 Å². The lowest BCUT2D eigenvalue weighted by Gasteiger charge is -1.97. The van der Waals surface area contributed by atoms with Gasteiger partial charge in [0.2, 0.25) is 11.0 Å². The predicted octanol–water partition coefficient (Wildman–Crippen LogP) is 1.51. The van der Waals surface area contributed by atoms with Crippen LogP contribution in [0.15, 0.2) is 30.6 Å². The van der Waals surface area contributed by atoms with Crippen LogP contribution in [-0.4, -0.2) is 32.6 Å². The van der Waals surface area contributed by atoms with Gasteiger partial charge in [-0.25, -0.2) is 4.98 Å². The van der Waals surface area contributed by atoms with Gasteiger partial charge in [0, 0.05) is 19.5 Å². The molecular formula is C13H13N5O2S. The number of hydrogen-bond acceptors (Lipinski definition) is 6. The van der Waals surface area contributed by atoms with Crippen LogP contribution in [0.3, 0.4) is 0 Å². The second-order valence-corrected chi connectivity index (χ2v) is 5.42. The second kappa shape index (κ2) is 5.98. The zero-order chi connectivity index (χ0) is 14.7. The minimum absolute atomic E-state index is 0.168. The van der Waals surface area contributed by atoms with Gasteiger partial charge in [-0.05, 0) is 12.1 Å². The van der Waals surface area contributed by atoms with Gasteiger partial charge in [0.1, 0.15) is 17.3 Å². The second-order valence-electron chi connectivity index (χ2n) is 4.36. The molecule has 108 valence electrons. The Morgan fingerprint density at radius 2 is 2.33 bits per heavy atom. The summed E-state index contributed by atoms with van der Waals surface area (Å²) in [6.45, 7) is 0.389. The van der Waals surface area contributed by atoms with Gasteiger partial charge in [-0.3, -0.25) is 4.79 Å². The van der Waals surface area contributed by atoms with E-state index >= 15 is 0 Å². The smallest absolute Gasteiger partial charge is 0.232 e. The third kappa shape index (κ3) is 3.23. The molecule has 0 aliphatic heterocycles. The van der Waals surface area contributed by atoms with Crippen LogP contribution in [0, 0.1) is 0 Å². The van der Waals surface area contributed by atoms with E-state index in [9.17, 15) is 4.79 Å². The van der Waals surface area contributed by atoms with Gasteiger partial charge in [-0.2, -0.15) is 0 Å². The van der Waals surface area contributed by atoms with Crippen LogP contribution in [0.2, 0.25) is 0 Å². The van der Waals surface area contributed by atoms with E-state index in [1.54, 1.807) is 7.11 Å². The van der Waals surface area contributed by atoms with Crippen molar-refractivity contribution in [3.8, 4) is 0 Å². The van der Waals surface area contributed by atoms with Gasteiger partial charge in [0.25, 0.3) is 0 Å². The van der Waals surface area contributed by atoms with Crippen molar-refractivity contribution < 1.29 is 9.53 Å². The predicted molar refractivity (Wildman–Crippen MR) is 78.1 cm³/mol. The number of amides is 1. The van der Waals surface area contributed by atoms with Crippen LogP contribution in [0.1, 0.15) is 10.7 Å². The molecule has 0 aliphatic carbocycles. The van der Waals surface area contributed by atoms with Crippen LogP contribution in [0.25, 0.3) is 5.65 Å². The SMILES string of the molecule is COCc1nnc(NC(=O)Cc2cn3ccccc3n2)s1. The van der Waals surface area contributed by atoms with Crippen molar-refractivity contribution in [2.24, 2.45) is 0 Å². The summed E-state index contributed by atoms with van der Waals surface area (Å²) in [5, 5.41) is 11.7. The summed E-state index contributed by atoms with van der Waals surface area (Å²) in [5.41, 5.74) is 1.53. The molecule has 0 radical (unpaired) electrons. The summed E-state index contributed by atoms with van der Waals surface area (Å²) in [4.78, 5) is 16.4. The van der Waals surface area contributed by atoms with Crippen molar-refractivity contribution in [1.29, 1.82) is 0 Å². The molecule has 21 heavy (non-hydrogen) atoms. The maximum Gasteiger partial charge on any atom is 0.232 e. The Bertz CT molecular complexity index is 734. The molecule has 0 atom stereocenters. The lowest BCUT2D eigenvalue weighted by molar-refractivity contribution is -0.115. The zero-order valence-electron chi connectivity index (χ0n) is 11.3. The monoisotopic (exact) mass is 303 g/mol. The van der Waals surface area contributed by atoms with Gasteiger partial charge in [-0.15, -0.1) is 10.2 Å².